The molecule has 0 fully saturated rings. The average molecular weight is 298 g/mol. The highest BCUT2D eigenvalue weighted by Gasteiger charge is 2.02. The molecule has 0 saturated heterocycles. The third-order valence-corrected chi connectivity index (χ3v) is 3.61. The Morgan fingerprint density at radius 3 is 2.22 bits per heavy atom. The van der Waals surface area contributed by atoms with Crippen molar-refractivity contribution in [3.05, 3.63) is 83.6 Å². The Morgan fingerprint density at radius 1 is 0.870 bits per heavy atom. The maximum Gasteiger partial charge on any atom is 0.0893 e. The third kappa shape index (κ3) is 3.43. The molecule has 0 amide bonds. The number of hydrogen-bond donors (Lipinski definition) is 0. The van der Waals surface area contributed by atoms with Crippen molar-refractivity contribution < 1.29 is 0 Å². The van der Waals surface area contributed by atoms with Crippen LogP contribution in [-0.4, -0.2) is 9.97 Å². The van der Waals surface area contributed by atoms with Crippen molar-refractivity contribution in [2.45, 2.75) is 6.92 Å². The predicted octanol–water partition coefficient (Wildman–Crippen LogP) is 3.58. The first-order valence-electron chi connectivity index (χ1n) is 7.59. The Bertz CT molecular complexity index is 924. The van der Waals surface area contributed by atoms with E-state index in [4.69, 9.17) is 0 Å². The second-order valence-electron chi connectivity index (χ2n) is 5.22. The molecule has 0 aliphatic carbocycles. The molecule has 0 spiro atoms. The van der Waals surface area contributed by atoms with Crippen LogP contribution < -0.4 is 10.7 Å². The molecule has 23 heavy (non-hydrogen) atoms. The van der Waals surface area contributed by atoms with Crippen molar-refractivity contribution in [3.8, 4) is 22.4 Å². The minimum atomic E-state index is 0.688. The lowest BCUT2D eigenvalue weighted by molar-refractivity contribution is 1.11. The quantitative estimate of drug-likeness (QED) is 0.738. The van der Waals surface area contributed by atoms with Gasteiger partial charge in [0.05, 0.1) is 22.6 Å². The maximum atomic E-state index is 4.65. The number of allylic oxidation sites excluding steroid dienone is 2. The summed E-state index contributed by atoms with van der Waals surface area (Å²) in [6, 6.07) is 18.7. The summed E-state index contributed by atoms with van der Waals surface area (Å²) in [6.45, 7) is 5.89. The molecular formula is C21H18N2. The fourth-order valence-electron chi connectivity index (χ4n) is 2.35. The van der Waals surface area contributed by atoms with Gasteiger partial charge in [-0.05, 0) is 24.1 Å². The van der Waals surface area contributed by atoms with Gasteiger partial charge in [0.1, 0.15) is 0 Å². The van der Waals surface area contributed by atoms with Crippen LogP contribution in [0, 0.1) is 0 Å². The molecule has 3 rings (SSSR count). The molecule has 0 aliphatic heterocycles. The minimum Gasteiger partial charge on any atom is -0.253 e. The Hall–Kier alpha value is -3.00. The molecule has 2 aromatic carbocycles. The van der Waals surface area contributed by atoms with Crippen LogP contribution in [0.25, 0.3) is 35.0 Å². The molecule has 3 aromatic rings. The zero-order valence-electron chi connectivity index (χ0n) is 13.1. The molecule has 0 atom stereocenters. The van der Waals surface area contributed by atoms with Crippen molar-refractivity contribution in [2.75, 3.05) is 0 Å². The summed E-state index contributed by atoms with van der Waals surface area (Å²) in [5.41, 5.74) is 4.30. The Morgan fingerprint density at radius 2 is 1.52 bits per heavy atom. The lowest BCUT2D eigenvalue weighted by Crippen LogP contribution is -2.29. The summed E-state index contributed by atoms with van der Waals surface area (Å²) in [5, 5.41) is 1.49. The first kappa shape index (κ1) is 14.9. The van der Waals surface area contributed by atoms with Crippen molar-refractivity contribution in [3.63, 3.8) is 0 Å². The fraction of sp³-hybridized carbons (Fsp3) is 0.0476. The third-order valence-electron chi connectivity index (χ3n) is 3.61. The van der Waals surface area contributed by atoms with Crippen LogP contribution in [0.15, 0.2) is 72.9 Å². The molecule has 1 aromatic heterocycles. The van der Waals surface area contributed by atoms with E-state index in [1.165, 1.54) is 11.1 Å². The van der Waals surface area contributed by atoms with Gasteiger partial charge in [0.25, 0.3) is 0 Å². The summed E-state index contributed by atoms with van der Waals surface area (Å²) in [7, 11) is 0. The molecule has 0 aliphatic rings. The smallest absolute Gasteiger partial charge is 0.0893 e. The fourth-order valence-corrected chi connectivity index (χ4v) is 2.35. The van der Waals surface area contributed by atoms with Crippen LogP contribution in [0.3, 0.4) is 0 Å². The van der Waals surface area contributed by atoms with E-state index in [2.05, 4.69) is 52.9 Å². The molecule has 0 N–H and O–H groups in total. The van der Waals surface area contributed by atoms with E-state index in [1.54, 1.807) is 6.20 Å². The van der Waals surface area contributed by atoms with Gasteiger partial charge in [-0.2, -0.15) is 0 Å². The number of hydrogen-bond acceptors (Lipinski definition) is 2. The monoisotopic (exact) mass is 298 g/mol. The average Bonchev–Trinajstić information content (AvgIpc) is 2.62. The van der Waals surface area contributed by atoms with E-state index in [9.17, 15) is 0 Å². The molecule has 0 bridgehead atoms. The van der Waals surface area contributed by atoms with Gasteiger partial charge in [0.2, 0.25) is 0 Å². The minimum absolute atomic E-state index is 0.688. The molecule has 1 heterocycles. The van der Waals surface area contributed by atoms with Crippen LogP contribution in [0.2, 0.25) is 0 Å². The lowest BCUT2D eigenvalue weighted by Gasteiger charge is -2.04. The summed E-state index contributed by atoms with van der Waals surface area (Å²) in [5.74, 6) is 0. The number of rotatable bonds is 3. The highest BCUT2D eigenvalue weighted by atomic mass is 14.8. The van der Waals surface area contributed by atoms with E-state index in [1.807, 2.05) is 43.4 Å². The van der Waals surface area contributed by atoms with Crippen LogP contribution in [-0.2, 0) is 0 Å². The zero-order chi connectivity index (χ0) is 16.1. The number of aromatic nitrogens is 2. The van der Waals surface area contributed by atoms with Gasteiger partial charge in [-0.1, -0.05) is 73.3 Å². The lowest BCUT2D eigenvalue weighted by atomic mass is 10.0. The summed E-state index contributed by atoms with van der Waals surface area (Å²) < 4.78 is 0. The molecule has 112 valence electrons. The van der Waals surface area contributed by atoms with Crippen LogP contribution in [0.5, 0.6) is 0 Å². The van der Waals surface area contributed by atoms with Crippen molar-refractivity contribution in [1.29, 1.82) is 0 Å². The summed E-state index contributed by atoms with van der Waals surface area (Å²) in [4.78, 5) is 9.00. The second kappa shape index (κ2) is 6.84. The van der Waals surface area contributed by atoms with Crippen LogP contribution >= 0.6 is 0 Å². The van der Waals surface area contributed by atoms with Gasteiger partial charge in [-0.3, -0.25) is 4.98 Å². The SMILES string of the molecule is C=c1ncc(-c2ccc(-c3ccccc3)cc2)n/c1=C/C=C\C. The van der Waals surface area contributed by atoms with Crippen molar-refractivity contribution >= 4 is 12.7 Å². The first-order chi connectivity index (χ1) is 11.3. The number of nitrogens with zero attached hydrogens (tertiary/aromatic N) is 2. The van der Waals surface area contributed by atoms with Crippen molar-refractivity contribution in [2.24, 2.45) is 0 Å². The highest BCUT2D eigenvalue weighted by molar-refractivity contribution is 5.68. The molecular weight excluding hydrogens is 280 g/mol. The van der Waals surface area contributed by atoms with E-state index >= 15 is 0 Å². The Kier molecular flexibility index (Phi) is 4.44. The first-order valence-corrected chi connectivity index (χ1v) is 7.59. The van der Waals surface area contributed by atoms with E-state index in [-0.39, 0.29) is 0 Å². The Labute approximate surface area is 136 Å². The topological polar surface area (TPSA) is 25.8 Å². The van der Waals surface area contributed by atoms with Gasteiger partial charge in [0, 0.05) is 5.56 Å². The molecule has 0 saturated carbocycles. The van der Waals surface area contributed by atoms with Gasteiger partial charge in [-0.25, -0.2) is 4.98 Å². The largest absolute Gasteiger partial charge is 0.253 e. The maximum absolute atomic E-state index is 4.65. The number of benzene rings is 2. The van der Waals surface area contributed by atoms with E-state index < -0.39 is 0 Å². The van der Waals surface area contributed by atoms with E-state index in [0.29, 0.717) is 5.35 Å². The van der Waals surface area contributed by atoms with Crippen LogP contribution in [0.1, 0.15) is 6.92 Å². The Balaban J connectivity index is 1.98. The van der Waals surface area contributed by atoms with E-state index in [0.717, 1.165) is 16.6 Å². The normalized spacial score (nSPS) is 12.0. The van der Waals surface area contributed by atoms with Crippen LogP contribution in [0.4, 0.5) is 0 Å². The molecule has 2 heteroatoms. The van der Waals surface area contributed by atoms with Gasteiger partial charge in [0.15, 0.2) is 0 Å². The second-order valence-corrected chi connectivity index (χ2v) is 5.22. The van der Waals surface area contributed by atoms with Gasteiger partial charge in [-0.15, -0.1) is 0 Å². The zero-order valence-corrected chi connectivity index (χ0v) is 13.1. The summed E-state index contributed by atoms with van der Waals surface area (Å²) in [6.07, 6.45) is 7.60. The molecule has 0 radical (unpaired) electrons. The molecule has 2 nitrogen and oxygen atoms in total. The standard InChI is InChI=1S/C21H18N2/c1-3-4-10-20-16(2)22-15-21(23-20)19-13-11-18(12-14-19)17-8-6-5-7-9-17/h3-15H,2H2,1H3/b4-3-,20-10+. The summed E-state index contributed by atoms with van der Waals surface area (Å²) >= 11 is 0. The van der Waals surface area contributed by atoms with Gasteiger partial charge >= 0.3 is 0 Å². The van der Waals surface area contributed by atoms with Crippen molar-refractivity contribution in [1.82, 2.24) is 9.97 Å². The van der Waals surface area contributed by atoms with Gasteiger partial charge < -0.3 is 0 Å². The molecule has 0 unspecified atom stereocenters. The highest BCUT2D eigenvalue weighted by Crippen LogP contribution is 2.22. The predicted molar refractivity (Wildman–Crippen MR) is 97.0 cm³/mol.